The number of hydrogen-bond donors (Lipinski definition) is 0. The molecule has 0 radical (unpaired) electrons. The second-order valence-electron chi connectivity index (χ2n) is 7.55. The quantitative estimate of drug-likeness (QED) is 0.817. The molecule has 25 heavy (non-hydrogen) atoms. The molecule has 4 heterocycles. The number of pyridine rings is 1. The lowest BCUT2D eigenvalue weighted by molar-refractivity contribution is -0.145. The topological polar surface area (TPSA) is 54.9 Å². The van der Waals surface area contributed by atoms with E-state index < -0.39 is 0 Å². The van der Waals surface area contributed by atoms with Crippen LogP contribution in [0.3, 0.4) is 0 Å². The summed E-state index contributed by atoms with van der Waals surface area (Å²) in [6.07, 6.45) is 7.47. The highest BCUT2D eigenvalue weighted by Gasteiger charge is 2.42. The Hall–Kier alpha value is -1.66. The number of ether oxygens (including phenoxy) is 2. The molecule has 0 N–H and O–H groups in total. The van der Waals surface area contributed by atoms with Crippen LogP contribution in [0.15, 0.2) is 24.5 Å². The van der Waals surface area contributed by atoms with Gasteiger partial charge in [0.2, 0.25) is 0 Å². The van der Waals surface area contributed by atoms with Gasteiger partial charge in [0.1, 0.15) is 6.10 Å². The first-order chi connectivity index (χ1) is 12.3. The molecule has 3 fully saturated rings. The van der Waals surface area contributed by atoms with E-state index in [1.54, 1.807) is 6.20 Å². The molecular weight excluding hydrogens is 318 g/mol. The van der Waals surface area contributed by atoms with Gasteiger partial charge in [-0.15, -0.1) is 0 Å². The Kier molecular flexibility index (Phi) is 4.90. The number of aromatic nitrogens is 1. The van der Waals surface area contributed by atoms with Crippen LogP contribution in [0.5, 0.6) is 0 Å². The van der Waals surface area contributed by atoms with Crippen LogP contribution in [0, 0.1) is 5.41 Å². The van der Waals surface area contributed by atoms with Gasteiger partial charge in [0, 0.05) is 44.4 Å². The maximum atomic E-state index is 12.8. The van der Waals surface area contributed by atoms with Crippen LogP contribution >= 0.6 is 0 Å². The van der Waals surface area contributed by atoms with Crippen molar-refractivity contribution in [3.05, 3.63) is 24.5 Å². The predicted octanol–water partition coefficient (Wildman–Crippen LogP) is 1.71. The number of hydrogen-bond acceptors (Lipinski definition) is 5. The Morgan fingerprint density at radius 1 is 1.24 bits per heavy atom. The van der Waals surface area contributed by atoms with Gasteiger partial charge in [-0.2, -0.15) is 0 Å². The highest BCUT2D eigenvalue weighted by molar-refractivity contribution is 5.81. The van der Waals surface area contributed by atoms with E-state index in [0.717, 1.165) is 70.8 Å². The van der Waals surface area contributed by atoms with Gasteiger partial charge in [-0.25, -0.2) is 0 Å². The minimum absolute atomic E-state index is 0.00114. The SMILES string of the molecule is O=C(C1CCCO1)N1CCCC2(COCCN(c3cccnc3)C2)C1. The summed E-state index contributed by atoms with van der Waals surface area (Å²) in [5, 5.41) is 0. The van der Waals surface area contributed by atoms with Crippen molar-refractivity contribution in [2.24, 2.45) is 5.41 Å². The lowest BCUT2D eigenvalue weighted by Crippen LogP contribution is -2.54. The summed E-state index contributed by atoms with van der Waals surface area (Å²) < 4.78 is 11.6. The van der Waals surface area contributed by atoms with Crippen LogP contribution in [-0.2, 0) is 14.3 Å². The van der Waals surface area contributed by atoms with Gasteiger partial charge in [0.05, 0.1) is 25.1 Å². The molecule has 1 spiro atoms. The summed E-state index contributed by atoms with van der Waals surface area (Å²) in [4.78, 5) is 21.4. The Balaban J connectivity index is 1.49. The van der Waals surface area contributed by atoms with Gasteiger partial charge >= 0.3 is 0 Å². The number of piperidine rings is 1. The van der Waals surface area contributed by atoms with Gasteiger partial charge < -0.3 is 19.3 Å². The molecule has 4 rings (SSSR count). The Morgan fingerprint density at radius 3 is 3.00 bits per heavy atom. The summed E-state index contributed by atoms with van der Waals surface area (Å²) in [5.41, 5.74) is 1.13. The third kappa shape index (κ3) is 3.65. The first-order valence-corrected chi connectivity index (χ1v) is 9.39. The molecule has 1 aromatic rings. The fourth-order valence-electron chi connectivity index (χ4n) is 4.37. The zero-order valence-electron chi connectivity index (χ0n) is 14.7. The van der Waals surface area contributed by atoms with E-state index in [-0.39, 0.29) is 17.4 Å². The maximum Gasteiger partial charge on any atom is 0.251 e. The van der Waals surface area contributed by atoms with E-state index in [0.29, 0.717) is 6.61 Å². The number of amides is 1. The Morgan fingerprint density at radius 2 is 2.20 bits per heavy atom. The molecular formula is C19H27N3O3. The molecule has 2 atom stereocenters. The molecule has 136 valence electrons. The predicted molar refractivity (Wildman–Crippen MR) is 94.5 cm³/mol. The maximum absolute atomic E-state index is 12.8. The van der Waals surface area contributed by atoms with E-state index in [1.165, 1.54) is 0 Å². The fourth-order valence-corrected chi connectivity index (χ4v) is 4.37. The van der Waals surface area contributed by atoms with Gasteiger partial charge in [0.15, 0.2) is 0 Å². The van der Waals surface area contributed by atoms with Crippen molar-refractivity contribution < 1.29 is 14.3 Å². The number of rotatable bonds is 2. The number of anilines is 1. The average Bonchev–Trinajstić information content (AvgIpc) is 3.12. The molecule has 2 unspecified atom stereocenters. The van der Waals surface area contributed by atoms with Crippen LogP contribution < -0.4 is 4.90 Å². The highest BCUT2D eigenvalue weighted by Crippen LogP contribution is 2.35. The minimum Gasteiger partial charge on any atom is -0.379 e. The molecule has 3 aliphatic rings. The van der Waals surface area contributed by atoms with Crippen molar-refractivity contribution >= 4 is 11.6 Å². The molecule has 3 aliphatic heterocycles. The third-order valence-corrected chi connectivity index (χ3v) is 5.63. The normalized spacial score (nSPS) is 30.5. The molecule has 6 heteroatoms. The number of carbonyl (C=O) groups is 1. The summed E-state index contributed by atoms with van der Waals surface area (Å²) in [6, 6.07) is 4.08. The molecule has 0 aliphatic carbocycles. The smallest absolute Gasteiger partial charge is 0.251 e. The highest BCUT2D eigenvalue weighted by atomic mass is 16.5. The Labute approximate surface area is 149 Å². The van der Waals surface area contributed by atoms with E-state index in [1.807, 2.05) is 17.2 Å². The molecule has 0 saturated carbocycles. The second kappa shape index (κ2) is 7.30. The molecule has 6 nitrogen and oxygen atoms in total. The number of likely N-dealkylation sites (tertiary alicyclic amines) is 1. The monoisotopic (exact) mass is 345 g/mol. The zero-order chi connectivity index (χ0) is 17.1. The van der Waals surface area contributed by atoms with Crippen molar-refractivity contribution in [2.45, 2.75) is 31.8 Å². The van der Waals surface area contributed by atoms with Crippen LogP contribution in [0.4, 0.5) is 5.69 Å². The van der Waals surface area contributed by atoms with Gasteiger partial charge in [-0.3, -0.25) is 9.78 Å². The third-order valence-electron chi connectivity index (χ3n) is 5.63. The first kappa shape index (κ1) is 16.8. The second-order valence-corrected chi connectivity index (χ2v) is 7.55. The van der Waals surface area contributed by atoms with E-state index in [9.17, 15) is 4.79 Å². The van der Waals surface area contributed by atoms with E-state index >= 15 is 0 Å². The fraction of sp³-hybridized carbons (Fsp3) is 0.684. The van der Waals surface area contributed by atoms with Crippen LogP contribution in [0.1, 0.15) is 25.7 Å². The van der Waals surface area contributed by atoms with Crippen molar-refractivity contribution in [1.29, 1.82) is 0 Å². The summed E-state index contributed by atoms with van der Waals surface area (Å²) in [7, 11) is 0. The average molecular weight is 345 g/mol. The first-order valence-electron chi connectivity index (χ1n) is 9.39. The molecule has 1 aromatic heterocycles. The van der Waals surface area contributed by atoms with Gasteiger partial charge in [-0.1, -0.05) is 0 Å². The summed E-state index contributed by atoms with van der Waals surface area (Å²) >= 11 is 0. The minimum atomic E-state index is -0.226. The molecule has 1 amide bonds. The lowest BCUT2D eigenvalue weighted by Gasteiger charge is -2.44. The van der Waals surface area contributed by atoms with Gasteiger partial charge in [0.25, 0.3) is 5.91 Å². The lowest BCUT2D eigenvalue weighted by atomic mass is 9.79. The number of nitrogens with zero attached hydrogens (tertiary/aromatic N) is 3. The van der Waals surface area contributed by atoms with Gasteiger partial charge in [-0.05, 0) is 37.8 Å². The van der Waals surface area contributed by atoms with E-state index in [4.69, 9.17) is 9.47 Å². The van der Waals surface area contributed by atoms with Crippen molar-refractivity contribution in [2.75, 3.05) is 50.9 Å². The summed E-state index contributed by atoms with van der Waals surface area (Å²) in [6.45, 7) is 5.54. The largest absolute Gasteiger partial charge is 0.379 e. The van der Waals surface area contributed by atoms with Crippen molar-refractivity contribution in [3.8, 4) is 0 Å². The van der Waals surface area contributed by atoms with E-state index in [2.05, 4.69) is 16.0 Å². The van der Waals surface area contributed by atoms with Crippen molar-refractivity contribution in [1.82, 2.24) is 9.88 Å². The molecule has 0 aromatic carbocycles. The standard InChI is InChI=1S/C19H27N3O3/c23-18(17-5-2-10-25-17)22-8-3-6-19(14-22)13-21(9-11-24-15-19)16-4-1-7-20-12-16/h1,4,7,12,17H,2-3,5-6,8-11,13-15H2. The van der Waals surface area contributed by atoms with Crippen LogP contribution in [0.2, 0.25) is 0 Å². The van der Waals surface area contributed by atoms with Crippen molar-refractivity contribution in [3.63, 3.8) is 0 Å². The van der Waals surface area contributed by atoms with Crippen LogP contribution in [0.25, 0.3) is 0 Å². The zero-order valence-corrected chi connectivity index (χ0v) is 14.7. The van der Waals surface area contributed by atoms with Crippen LogP contribution in [-0.4, -0.2) is 67.9 Å². The molecule has 3 saturated heterocycles. The number of carbonyl (C=O) groups excluding carboxylic acids is 1. The Bertz CT molecular complexity index is 591. The molecule has 0 bridgehead atoms. The summed E-state index contributed by atoms with van der Waals surface area (Å²) in [5.74, 6) is 0.175.